The number of rotatable bonds is 11. The second-order valence-electron chi connectivity index (χ2n) is 5.47. The molecule has 0 saturated heterocycles. The normalized spacial score (nSPS) is 11.8. The zero-order chi connectivity index (χ0) is 13.1. The minimum atomic E-state index is 0.247. The molecule has 0 aliphatic heterocycles. The van der Waals surface area contributed by atoms with E-state index in [0.29, 0.717) is 0 Å². The fourth-order valence-corrected chi connectivity index (χ4v) is 2.85. The third-order valence-electron chi connectivity index (χ3n) is 3.89. The van der Waals surface area contributed by atoms with Gasteiger partial charge in [-0.15, -0.1) is 0 Å². The van der Waals surface area contributed by atoms with Crippen LogP contribution in [0.3, 0.4) is 0 Å². The van der Waals surface area contributed by atoms with Crippen LogP contribution in [0.2, 0.25) is 0 Å². The second kappa shape index (κ2) is 9.67. The van der Waals surface area contributed by atoms with Gasteiger partial charge in [0.15, 0.2) is 0 Å². The minimum absolute atomic E-state index is 0.247. The van der Waals surface area contributed by atoms with Crippen LogP contribution in [0.25, 0.3) is 0 Å². The molecule has 0 aliphatic rings. The number of unbranched alkanes of at least 4 members (excludes halogenated alkanes) is 2. The van der Waals surface area contributed by atoms with E-state index in [-0.39, 0.29) is 5.41 Å². The van der Waals surface area contributed by atoms with Gasteiger partial charge in [-0.05, 0) is 25.7 Å². The lowest BCUT2D eigenvalue weighted by Gasteiger charge is -2.35. The van der Waals surface area contributed by atoms with Gasteiger partial charge in [-0.3, -0.25) is 0 Å². The van der Waals surface area contributed by atoms with Crippen molar-refractivity contribution in [3.63, 3.8) is 0 Å². The molecule has 0 unspecified atom stereocenters. The lowest BCUT2D eigenvalue weighted by Crippen LogP contribution is -2.30. The summed E-state index contributed by atoms with van der Waals surface area (Å²) < 4.78 is 0. The molecule has 0 spiro atoms. The molecule has 0 atom stereocenters. The van der Waals surface area contributed by atoms with Gasteiger partial charge >= 0.3 is 0 Å². The van der Waals surface area contributed by atoms with Crippen LogP contribution in [-0.2, 0) is 0 Å². The van der Waals surface area contributed by atoms with Crippen molar-refractivity contribution in [2.24, 2.45) is 5.41 Å². The van der Waals surface area contributed by atoms with Crippen molar-refractivity contribution in [3.8, 4) is 0 Å². The van der Waals surface area contributed by atoms with Gasteiger partial charge in [0.05, 0.1) is 0 Å². The van der Waals surface area contributed by atoms with Crippen LogP contribution in [-0.4, -0.2) is 5.71 Å². The highest BCUT2D eigenvalue weighted by molar-refractivity contribution is 5.87. The van der Waals surface area contributed by atoms with Crippen LogP contribution in [0, 0.1) is 10.8 Å². The van der Waals surface area contributed by atoms with Crippen molar-refractivity contribution < 1.29 is 0 Å². The highest BCUT2D eigenvalue weighted by Crippen LogP contribution is 2.38. The van der Waals surface area contributed by atoms with Crippen LogP contribution < -0.4 is 0 Å². The maximum Gasteiger partial charge on any atom is 0.0151 e. The minimum Gasteiger partial charge on any atom is -0.309 e. The van der Waals surface area contributed by atoms with Gasteiger partial charge in [0.1, 0.15) is 0 Å². The summed E-state index contributed by atoms with van der Waals surface area (Å²) in [5, 5.41) is 8.45. The Kier molecular flexibility index (Phi) is 9.49. The zero-order valence-electron chi connectivity index (χ0n) is 12.6. The Morgan fingerprint density at radius 1 is 0.765 bits per heavy atom. The fourth-order valence-electron chi connectivity index (χ4n) is 2.85. The monoisotopic (exact) mass is 239 g/mol. The Morgan fingerprint density at radius 3 is 1.65 bits per heavy atom. The first-order valence-electron chi connectivity index (χ1n) is 7.74. The van der Waals surface area contributed by atoms with Crippen LogP contribution in [0.1, 0.15) is 91.9 Å². The van der Waals surface area contributed by atoms with E-state index in [2.05, 4.69) is 27.7 Å². The van der Waals surface area contributed by atoms with E-state index in [1.165, 1.54) is 51.4 Å². The predicted molar refractivity (Wildman–Crippen MR) is 79.0 cm³/mol. The lowest BCUT2D eigenvalue weighted by molar-refractivity contribution is 0.300. The molecule has 0 bridgehead atoms. The molecule has 0 saturated carbocycles. The van der Waals surface area contributed by atoms with Crippen molar-refractivity contribution in [1.29, 1.82) is 5.41 Å². The molecular formula is C16H33N. The van der Waals surface area contributed by atoms with Gasteiger partial charge in [0, 0.05) is 11.1 Å². The molecular weight excluding hydrogens is 206 g/mol. The van der Waals surface area contributed by atoms with E-state index in [4.69, 9.17) is 5.41 Å². The van der Waals surface area contributed by atoms with E-state index < -0.39 is 0 Å². The van der Waals surface area contributed by atoms with Crippen LogP contribution >= 0.6 is 0 Å². The van der Waals surface area contributed by atoms with E-state index >= 15 is 0 Å². The summed E-state index contributed by atoms with van der Waals surface area (Å²) >= 11 is 0. The standard InChI is InChI=1S/C16H33N/c1-5-9-13-16(12-8-4,14-10-6-2)15(17)11-7-3/h17H,5-14H2,1-4H3. The Labute approximate surface area is 109 Å². The van der Waals surface area contributed by atoms with Crippen LogP contribution in [0.4, 0.5) is 0 Å². The first kappa shape index (κ1) is 16.7. The summed E-state index contributed by atoms with van der Waals surface area (Å²) in [4.78, 5) is 0. The molecule has 1 N–H and O–H groups in total. The van der Waals surface area contributed by atoms with Gasteiger partial charge in [-0.2, -0.15) is 0 Å². The van der Waals surface area contributed by atoms with Crippen molar-refractivity contribution >= 4 is 5.71 Å². The maximum absolute atomic E-state index is 8.45. The Balaban J connectivity index is 4.72. The number of nitrogens with one attached hydrogen (secondary N) is 1. The van der Waals surface area contributed by atoms with E-state index in [1.807, 2.05) is 0 Å². The third-order valence-corrected chi connectivity index (χ3v) is 3.89. The quantitative estimate of drug-likeness (QED) is 0.429. The van der Waals surface area contributed by atoms with Crippen molar-refractivity contribution in [3.05, 3.63) is 0 Å². The van der Waals surface area contributed by atoms with Gasteiger partial charge in [0.2, 0.25) is 0 Å². The van der Waals surface area contributed by atoms with Gasteiger partial charge < -0.3 is 5.41 Å². The molecule has 0 amide bonds. The molecule has 0 fully saturated rings. The molecule has 102 valence electrons. The molecule has 1 heteroatoms. The van der Waals surface area contributed by atoms with Crippen LogP contribution in [0.15, 0.2) is 0 Å². The molecule has 1 nitrogen and oxygen atoms in total. The van der Waals surface area contributed by atoms with Gasteiger partial charge in [-0.1, -0.05) is 66.2 Å². The Hall–Kier alpha value is -0.330. The fraction of sp³-hybridized carbons (Fsp3) is 0.938. The topological polar surface area (TPSA) is 23.9 Å². The van der Waals surface area contributed by atoms with Crippen molar-refractivity contribution in [2.75, 3.05) is 0 Å². The molecule has 0 aliphatic carbocycles. The second-order valence-corrected chi connectivity index (χ2v) is 5.47. The summed E-state index contributed by atoms with van der Waals surface area (Å²) in [7, 11) is 0. The first-order chi connectivity index (χ1) is 8.16. The third kappa shape index (κ3) is 5.70. The lowest BCUT2D eigenvalue weighted by atomic mass is 9.70. The first-order valence-corrected chi connectivity index (χ1v) is 7.74. The molecule has 17 heavy (non-hydrogen) atoms. The summed E-state index contributed by atoms with van der Waals surface area (Å²) in [5.41, 5.74) is 1.29. The predicted octanol–water partition coefficient (Wildman–Crippen LogP) is 5.97. The SMILES string of the molecule is CCCCC(CCC)(CCCC)C(=N)CCC. The molecule has 0 aromatic carbocycles. The zero-order valence-corrected chi connectivity index (χ0v) is 12.6. The Bertz CT molecular complexity index is 188. The summed E-state index contributed by atoms with van der Waals surface area (Å²) in [6, 6.07) is 0. The molecule has 0 rings (SSSR count). The largest absolute Gasteiger partial charge is 0.309 e. The maximum atomic E-state index is 8.45. The Morgan fingerprint density at radius 2 is 1.29 bits per heavy atom. The van der Waals surface area contributed by atoms with Crippen molar-refractivity contribution in [2.45, 2.75) is 91.9 Å². The molecule has 0 radical (unpaired) electrons. The van der Waals surface area contributed by atoms with Crippen molar-refractivity contribution in [1.82, 2.24) is 0 Å². The highest BCUT2D eigenvalue weighted by Gasteiger charge is 2.31. The van der Waals surface area contributed by atoms with E-state index in [9.17, 15) is 0 Å². The summed E-state index contributed by atoms with van der Waals surface area (Å²) in [5.74, 6) is 0. The summed E-state index contributed by atoms with van der Waals surface area (Å²) in [6.45, 7) is 9.00. The van der Waals surface area contributed by atoms with E-state index in [0.717, 1.165) is 18.6 Å². The molecule has 0 aromatic rings. The number of hydrogen-bond acceptors (Lipinski definition) is 1. The van der Waals surface area contributed by atoms with E-state index in [1.54, 1.807) is 0 Å². The van der Waals surface area contributed by atoms with Gasteiger partial charge in [0.25, 0.3) is 0 Å². The average Bonchev–Trinajstić information content (AvgIpc) is 2.33. The highest BCUT2D eigenvalue weighted by atomic mass is 14.5. The molecule has 0 heterocycles. The molecule has 0 aromatic heterocycles. The van der Waals surface area contributed by atoms with Crippen LogP contribution in [0.5, 0.6) is 0 Å². The summed E-state index contributed by atoms with van der Waals surface area (Å²) in [6.07, 6.45) is 12.2. The smallest absolute Gasteiger partial charge is 0.0151 e. The number of hydrogen-bond donors (Lipinski definition) is 1. The van der Waals surface area contributed by atoms with Gasteiger partial charge in [-0.25, -0.2) is 0 Å². The average molecular weight is 239 g/mol.